The van der Waals surface area contributed by atoms with Crippen LogP contribution in [0.4, 0.5) is 0 Å². The van der Waals surface area contributed by atoms with Gasteiger partial charge in [-0.3, -0.25) is 4.98 Å². The van der Waals surface area contributed by atoms with Crippen LogP contribution in [0.3, 0.4) is 0 Å². The fourth-order valence-electron chi connectivity index (χ4n) is 1.21. The van der Waals surface area contributed by atoms with Crippen LogP contribution in [-0.2, 0) is 30.9 Å². The summed E-state index contributed by atoms with van der Waals surface area (Å²) in [5, 5.41) is 36.4. The van der Waals surface area contributed by atoms with Gasteiger partial charge >= 0.3 is 5.97 Å². The molecule has 0 aromatic carbocycles. The van der Waals surface area contributed by atoms with E-state index in [4.69, 9.17) is 10.2 Å². The number of hydrogen-bond donors (Lipinski definition) is 4. The van der Waals surface area contributed by atoms with Crippen molar-refractivity contribution in [3.8, 4) is 5.75 Å². The molecule has 0 saturated heterocycles. The summed E-state index contributed by atoms with van der Waals surface area (Å²) in [6, 6.07) is 0. The van der Waals surface area contributed by atoms with Crippen molar-refractivity contribution in [2.45, 2.75) is 19.6 Å². The third-order valence-corrected chi connectivity index (χ3v) is 2.04. The predicted octanol–water partition coefficient (Wildman–Crippen LogP) is -0.297. The molecule has 1 aromatic rings. The van der Waals surface area contributed by atoms with E-state index < -0.39 is 24.4 Å². The maximum absolute atomic E-state index is 10.6. The number of aliphatic hydroxyl groups is 2. The van der Waals surface area contributed by atoms with Gasteiger partial charge in [-0.15, -0.1) is 0 Å². The SMILES string of the molecule is Cc1ncc(CO)c(C(O)C(=O)O)c1O.[Zn]. The minimum absolute atomic E-state index is 0. The average Bonchev–Trinajstić information content (AvgIpc) is 2.20. The maximum atomic E-state index is 10.6. The molecule has 84 valence electrons. The quantitative estimate of drug-likeness (QED) is 0.565. The van der Waals surface area contributed by atoms with Gasteiger partial charge in [-0.05, 0) is 6.92 Å². The molecule has 6 nitrogen and oxygen atoms in total. The number of rotatable bonds is 3. The number of nitrogens with zero attached hydrogens (tertiary/aromatic N) is 1. The van der Waals surface area contributed by atoms with Crippen LogP contribution >= 0.6 is 0 Å². The first-order chi connectivity index (χ1) is 6.99. The molecule has 0 aliphatic carbocycles. The molecular formula is C9H11NO5Zn. The Morgan fingerprint density at radius 2 is 2.12 bits per heavy atom. The van der Waals surface area contributed by atoms with Crippen molar-refractivity contribution in [1.82, 2.24) is 4.98 Å². The van der Waals surface area contributed by atoms with Gasteiger partial charge in [0.05, 0.1) is 12.3 Å². The molecule has 1 rings (SSSR count). The third kappa shape index (κ3) is 2.75. The molecule has 0 saturated carbocycles. The molecule has 4 N–H and O–H groups in total. The van der Waals surface area contributed by atoms with E-state index in [1.54, 1.807) is 0 Å². The Hall–Kier alpha value is -1.04. The largest absolute Gasteiger partial charge is 0.506 e. The Morgan fingerprint density at radius 3 is 2.56 bits per heavy atom. The molecule has 0 aliphatic rings. The number of aromatic nitrogens is 1. The van der Waals surface area contributed by atoms with E-state index in [2.05, 4.69) is 4.98 Å². The van der Waals surface area contributed by atoms with Crippen LogP contribution in [0.1, 0.15) is 22.9 Å². The zero-order chi connectivity index (χ0) is 11.6. The molecule has 0 bridgehead atoms. The number of hydrogen-bond acceptors (Lipinski definition) is 5. The van der Waals surface area contributed by atoms with Gasteiger partial charge in [0.1, 0.15) is 5.75 Å². The summed E-state index contributed by atoms with van der Waals surface area (Å²) >= 11 is 0. The van der Waals surface area contributed by atoms with Crippen molar-refractivity contribution in [2.75, 3.05) is 0 Å². The van der Waals surface area contributed by atoms with Gasteiger partial charge < -0.3 is 20.4 Å². The first kappa shape index (κ1) is 15.0. The number of carboxylic acid groups (broad SMARTS) is 1. The molecular weight excluding hydrogens is 267 g/mol. The van der Waals surface area contributed by atoms with E-state index in [9.17, 15) is 15.0 Å². The summed E-state index contributed by atoms with van der Waals surface area (Å²) in [4.78, 5) is 14.3. The number of aliphatic hydroxyl groups excluding tert-OH is 2. The van der Waals surface area contributed by atoms with Crippen LogP contribution in [0.2, 0.25) is 0 Å². The van der Waals surface area contributed by atoms with Crippen molar-refractivity contribution in [1.29, 1.82) is 0 Å². The van der Waals surface area contributed by atoms with Crippen molar-refractivity contribution in [2.24, 2.45) is 0 Å². The fourth-order valence-corrected chi connectivity index (χ4v) is 1.21. The van der Waals surface area contributed by atoms with E-state index in [-0.39, 0.29) is 36.3 Å². The number of pyridine rings is 1. The number of aliphatic carboxylic acids is 1. The van der Waals surface area contributed by atoms with E-state index in [0.717, 1.165) is 0 Å². The molecule has 1 atom stereocenters. The molecule has 0 spiro atoms. The second kappa shape index (κ2) is 5.89. The van der Waals surface area contributed by atoms with Crippen LogP contribution in [0.25, 0.3) is 0 Å². The monoisotopic (exact) mass is 277 g/mol. The van der Waals surface area contributed by atoms with Gasteiger partial charge in [0.2, 0.25) is 0 Å². The van der Waals surface area contributed by atoms with Crippen LogP contribution < -0.4 is 0 Å². The number of carbonyl (C=O) groups is 1. The summed E-state index contributed by atoms with van der Waals surface area (Å²) in [5.74, 6) is -1.90. The zero-order valence-electron chi connectivity index (χ0n) is 8.71. The first-order valence-electron chi connectivity index (χ1n) is 4.18. The molecule has 1 unspecified atom stereocenters. The number of aromatic hydroxyl groups is 1. The summed E-state index contributed by atoms with van der Waals surface area (Å²) in [6.07, 6.45) is -0.648. The van der Waals surface area contributed by atoms with Gasteiger partial charge in [0, 0.05) is 36.8 Å². The summed E-state index contributed by atoms with van der Waals surface area (Å²) < 4.78 is 0. The van der Waals surface area contributed by atoms with E-state index in [1.165, 1.54) is 13.1 Å². The second-order valence-corrected chi connectivity index (χ2v) is 3.03. The Morgan fingerprint density at radius 1 is 1.56 bits per heavy atom. The first-order valence-corrected chi connectivity index (χ1v) is 4.18. The zero-order valence-corrected chi connectivity index (χ0v) is 11.7. The number of aryl methyl sites for hydroxylation is 1. The van der Waals surface area contributed by atoms with Crippen molar-refractivity contribution >= 4 is 5.97 Å². The Bertz CT molecular complexity index is 396. The van der Waals surface area contributed by atoms with Crippen LogP contribution in [0.5, 0.6) is 5.75 Å². The van der Waals surface area contributed by atoms with Gasteiger partial charge in [-0.25, -0.2) is 4.79 Å². The molecule has 1 aromatic heterocycles. The van der Waals surface area contributed by atoms with Gasteiger partial charge in [0.15, 0.2) is 6.10 Å². The Labute approximate surface area is 104 Å². The smallest absolute Gasteiger partial charge is 0.337 e. The summed E-state index contributed by atoms with van der Waals surface area (Å²) in [5.41, 5.74) is 0.0769. The molecule has 7 heteroatoms. The van der Waals surface area contributed by atoms with Gasteiger partial charge in [0.25, 0.3) is 0 Å². The Balaban J connectivity index is 0.00000225. The molecule has 1 heterocycles. The maximum Gasteiger partial charge on any atom is 0.337 e. The molecule has 0 fully saturated rings. The average molecular weight is 279 g/mol. The molecule has 0 amide bonds. The van der Waals surface area contributed by atoms with Crippen LogP contribution in [-0.4, -0.2) is 31.4 Å². The van der Waals surface area contributed by atoms with E-state index >= 15 is 0 Å². The molecule has 0 radical (unpaired) electrons. The third-order valence-electron chi connectivity index (χ3n) is 2.04. The predicted molar refractivity (Wildman–Crippen MR) is 49.2 cm³/mol. The van der Waals surface area contributed by atoms with E-state index in [0.29, 0.717) is 0 Å². The minimum Gasteiger partial charge on any atom is -0.506 e. The molecule has 0 aliphatic heterocycles. The number of carboxylic acids is 1. The second-order valence-electron chi connectivity index (χ2n) is 3.03. The van der Waals surface area contributed by atoms with E-state index in [1.807, 2.05) is 0 Å². The van der Waals surface area contributed by atoms with Gasteiger partial charge in [-0.1, -0.05) is 0 Å². The minimum atomic E-state index is -1.87. The van der Waals surface area contributed by atoms with Crippen LogP contribution in [0.15, 0.2) is 6.20 Å². The van der Waals surface area contributed by atoms with Gasteiger partial charge in [-0.2, -0.15) is 0 Å². The van der Waals surface area contributed by atoms with Crippen LogP contribution in [0, 0.1) is 6.92 Å². The summed E-state index contributed by atoms with van der Waals surface area (Å²) in [6.45, 7) is 0.967. The fraction of sp³-hybridized carbons (Fsp3) is 0.333. The topological polar surface area (TPSA) is 111 Å². The Kier molecular flexibility index (Phi) is 5.51. The summed E-state index contributed by atoms with van der Waals surface area (Å²) in [7, 11) is 0. The normalized spacial score (nSPS) is 11.7. The standard InChI is InChI=1S/C9H11NO5.Zn/c1-4-7(12)6(8(13)9(14)15)5(3-11)2-10-4;/h2,8,11-13H,3H2,1H3,(H,14,15);. The van der Waals surface area contributed by atoms with Crippen molar-refractivity contribution in [3.05, 3.63) is 23.0 Å². The van der Waals surface area contributed by atoms with Crippen molar-refractivity contribution < 1.29 is 44.7 Å². The van der Waals surface area contributed by atoms with Crippen molar-refractivity contribution in [3.63, 3.8) is 0 Å². The molecule has 16 heavy (non-hydrogen) atoms.